The Balaban J connectivity index is 1.79. The first kappa shape index (κ1) is 18.5. The molecule has 1 aliphatic heterocycles. The third-order valence-electron chi connectivity index (χ3n) is 4.00. The number of ketones is 1. The number of aryl methyl sites for hydroxylation is 2. The van der Waals surface area contributed by atoms with E-state index in [0.717, 1.165) is 16.7 Å². The lowest BCUT2D eigenvalue weighted by atomic mass is 10.0. The van der Waals surface area contributed by atoms with Gasteiger partial charge in [-0.15, -0.1) is 0 Å². The predicted octanol–water partition coefficient (Wildman–Crippen LogP) is 4.03. The van der Waals surface area contributed by atoms with E-state index in [1.807, 2.05) is 31.2 Å². The topological polar surface area (TPSA) is 61.8 Å². The fraction of sp³-hybridized carbons (Fsp3) is 0.182. The van der Waals surface area contributed by atoms with Gasteiger partial charge in [0.2, 0.25) is 5.78 Å². The number of allylic oxidation sites excluding steroid dienone is 1. The molecule has 138 valence electrons. The van der Waals surface area contributed by atoms with Crippen LogP contribution >= 0.6 is 0 Å². The van der Waals surface area contributed by atoms with E-state index in [1.165, 1.54) is 6.08 Å². The van der Waals surface area contributed by atoms with Crippen molar-refractivity contribution < 1.29 is 23.8 Å². The SMILES string of the molecule is C=CCOC(=O)COc1cc(C)c2c(c1)O/C(=C\c1cccc(C)c1)C2=O. The Bertz CT molecular complexity index is 940. The molecular formula is C22H20O5. The summed E-state index contributed by atoms with van der Waals surface area (Å²) >= 11 is 0. The number of esters is 1. The summed E-state index contributed by atoms with van der Waals surface area (Å²) in [6.45, 7) is 7.18. The van der Waals surface area contributed by atoms with Gasteiger partial charge in [0.25, 0.3) is 0 Å². The maximum atomic E-state index is 12.7. The van der Waals surface area contributed by atoms with Crippen molar-refractivity contribution in [1.82, 2.24) is 0 Å². The highest BCUT2D eigenvalue weighted by atomic mass is 16.6. The van der Waals surface area contributed by atoms with Gasteiger partial charge in [0.05, 0.1) is 5.56 Å². The Morgan fingerprint density at radius 1 is 1.22 bits per heavy atom. The highest BCUT2D eigenvalue weighted by Gasteiger charge is 2.30. The summed E-state index contributed by atoms with van der Waals surface area (Å²) in [6, 6.07) is 11.1. The van der Waals surface area contributed by atoms with E-state index in [9.17, 15) is 9.59 Å². The van der Waals surface area contributed by atoms with Crippen molar-refractivity contribution in [3.8, 4) is 11.5 Å². The molecule has 0 radical (unpaired) electrons. The number of hydrogen-bond acceptors (Lipinski definition) is 5. The van der Waals surface area contributed by atoms with Crippen molar-refractivity contribution in [2.24, 2.45) is 0 Å². The Labute approximate surface area is 157 Å². The van der Waals surface area contributed by atoms with Crippen LogP contribution in [0.1, 0.15) is 27.0 Å². The van der Waals surface area contributed by atoms with Crippen LogP contribution in [0.3, 0.4) is 0 Å². The molecule has 0 spiro atoms. The molecule has 1 heterocycles. The first-order valence-electron chi connectivity index (χ1n) is 8.53. The lowest BCUT2D eigenvalue weighted by Crippen LogP contribution is -2.14. The Morgan fingerprint density at radius 3 is 2.78 bits per heavy atom. The van der Waals surface area contributed by atoms with E-state index in [4.69, 9.17) is 14.2 Å². The van der Waals surface area contributed by atoms with E-state index in [1.54, 1.807) is 25.1 Å². The maximum absolute atomic E-state index is 12.7. The standard InChI is InChI=1S/C22H20O5/c1-4-8-25-20(23)13-26-17-10-15(3)21-18(12-17)27-19(22(21)24)11-16-7-5-6-14(2)9-16/h4-7,9-12H,1,8,13H2,2-3H3/b19-11-. The Morgan fingerprint density at radius 2 is 2.04 bits per heavy atom. The van der Waals surface area contributed by atoms with E-state index >= 15 is 0 Å². The molecule has 5 nitrogen and oxygen atoms in total. The lowest BCUT2D eigenvalue weighted by Gasteiger charge is -2.08. The molecule has 0 unspecified atom stereocenters. The smallest absolute Gasteiger partial charge is 0.344 e. The molecule has 0 aliphatic carbocycles. The van der Waals surface area contributed by atoms with Crippen LogP contribution in [-0.4, -0.2) is 25.0 Å². The average Bonchev–Trinajstić information content (AvgIpc) is 2.94. The molecule has 0 aromatic heterocycles. The van der Waals surface area contributed by atoms with Gasteiger partial charge < -0.3 is 14.2 Å². The van der Waals surface area contributed by atoms with Crippen LogP contribution < -0.4 is 9.47 Å². The average molecular weight is 364 g/mol. The molecule has 0 amide bonds. The van der Waals surface area contributed by atoms with Gasteiger partial charge in [-0.1, -0.05) is 42.5 Å². The van der Waals surface area contributed by atoms with Crippen molar-refractivity contribution in [3.63, 3.8) is 0 Å². The van der Waals surface area contributed by atoms with Crippen LogP contribution in [0.15, 0.2) is 54.8 Å². The van der Waals surface area contributed by atoms with E-state index < -0.39 is 5.97 Å². The van der Waals surface area contributed by atoms with E-state index in [0.29, 0.717) is 17.1 Å². The largest absolute Gasteiger partial charge is 0.482 e. The van der Waals surface area contributed by atoms with Crippen molar-refractivity contribution in [1.29, 1.82) is 0 Å². The monoisotopic (exact) mass is 364 g/mol. The number of carbonyl (C=O) groups excluding carboxylic acids is 2. The highest BCUT2D eigenvalue weighted by molar-refractivity contribution is 6.15. The minimum Gasteiger partial charge on any atom is -0.482 e. The zero-order valence-electron chi connectivity index (χ0n) is 15.3. The normalized spacial score (nSPS) is 13.9. The van der Waals surface area contributed by atoms with Gasteiger partial charge >= 0.3 is 5.97 Å². The van der Waals surface area contributed by atoms with Crippen molar-refractivity contribution >= 4 is 17.8 Å². The summed E-state index contributed by atoms with van der Waals surface area (Å²) in [5, 5.41) is 0. The summed E-state index contributed by atoms with van der Waals surface area (Å²) in [5.74, 6) is 0.465. The predicted molar refractivity (Wildman–Crippen MR) is 102 cm³/mol. The Kier molecular flexibility index (Phi) is 5.41. The molecule has 2 aromatic rings. The van der Waals surface area contributed by atoms with Gasteiger partial charge in [-0.3, -0.25) is 4.79 Å². The van der Waals surface area contributed by atoms with Gasteiger partial charge in [0.15, 0.2) is 12.4 Å². The summed E-state index contributed by atoms with van der Waals surface area (Å²) < 4.78 is 16.1. The molecule has 0 saturated carbocycles. The number of hydrogen-bond donors (Lipinski definition) is 0. The fourth-order valence-corrected chi connectivity index (χ4v) is 2.81. The maximum Gasteiger partial charge on any atom is 0.344 e. The number of benzene rings is 2. The zero-order valence-corrected chi connectivity index (χ0v) is 15.3. The highest BCUT2D eigenvalue weighted by Crippen LogP contribution is 2.37. The first-order valence-corrected chi connectivity index (χ1v) is 8.53. The van der Waals surface area contributed by atoms with Crippen LogP contribution in [0.25, 0.3) is 6.08 Å². The second-order valence-electron chi connectivity index (χ2n) is 6.23. The van der Waals surface area contributed by atoms with E-state index in [2.05, 4.69) is 6.58 Å². The summed E-state index contributed by atoms with van der Waals surface area (Å²) in [4.78, 5) is 24.2. The first-order chi connectivity index (χ1) is 13.0. The second-order valence-corrected chi connectivity index (χ2v) is 6.23. The zero-order chi connectivity index (χ0) is 19.4. The third-order valence-corrected chi connectivity index (χ3v) is 4.00. The molecular weight excluding hydrogens is 344 g/mol. The number of rotatable bonds is 6. The van der Waals surface area contributed by atoms with Gasteiger partial charge in [0, 0.05) is 6.07 Å². The molecule has 3 rings (SSSR count). The number of ether oxygens (including phenoxy) is 3. The van der Waals surface area contributed by atoms with Gasteiger partial charge in [-0.05, 0) is 37.1 Å². The number of carbonyl (C=O) groups is 2. The molecule has 1 aliphatic rings. The van der Waals surface area contributed by atoms with Crippen LogP contribution in [-0.2, 0) is 9.53 Å². The molecule has 0 bridgehead atoms. The number of fused-ring (bicyclic) bond motifs is 1. The van der Waals surface area contributed by atoms with Crippen LogP contribution in [0.5, 0.6) is 11.5 Å². The van der Waals surface area contributed by atoms with Gasteiger partial charge in [0.1, 0.15) is 18.1 Å². The van der Waals surface area contributed by atoms with Crippen LogP contribution in [0, 0.1) is 13.8 Å². The molecule has 0 atom stereocenters. The van der Waals surface area contributed by atoms with Crippen LogP contribution in [0.2, 0.25) is 0 Å². The third kappa shape index (κ3) is 4.26. The molecule has 5 heteroatoms. The van der Waals surface area contributed by atoms with Gasteiger partial charge in [-0.25, -0.2) is 4.79 Å². The molecule has 0 saturated heterocycles. The molecule has 2 aromatic carbocycles. The minimum atomic E-state index is -0.495. The number of Topliss-reactive ketones (excluding diaryl/α,β-unsaturated/α-hetero) is 1. The summed E-state index contributed by atoms with van der Waals surface area (Å²) in [6.07, 6.45) is 3.21. The summed E-state index contributed by atoms with van der Waals surface area (Å²) in [5.41, 5.74) is 3.22. The fourth-order valence-electron chi connectivity index (χ4n) is 2.81. The van der Waals surface area contributed by atoms with Crippen molar-refractivity contribution in [3.05, 3.63) is 77.1 Å². The molecule has 27 heavy (non-hydrogen) atoms. The Hall–Kier alpha value is -3.34. The minimum absolute atomic E-state index is 0.135. The molecule has 0 N–H and O–H groups in total. The molecule has 0 fully saturated rings. The van der Waals surface area contributed by atoms with Crippen molar-refractivity contribution in [2.75, 3.05) is 13.2 Å². The second kappa shape index (κ2) is 7.91. The lowest BCUT2D eigenvalue weighted by molar-refractivity contribution is -0.144. The summed E-state index contributed by atoms with van der Waals surface area (Å²) in [7, 11) is 0. The van der Waals surface area contributed by atoms with Crippen LogP contribution in [0.4, 0.5) is 0 Å². The van der Waals surface area contributed by atoms with Crippen molar-refractivity contribution in [2.45, 2.75) is 13.8 Å². The van der Waals surface area contributed by atoms with Gasteiger partial charge in [-0.2, -0.15) is 0 Å². The quantitative estimate of drug-likeness (QED) is 0.440. The van der Waals surface area contributed by atoms with E-state index in [-0.39, 0.29) is 24.8 Å².